The molecule has 2 nitrogen and oxygen atoms in total. The lowest BCUT2D eigenvalue weighted by Crippen LogP contribution is -2.35. The number of carbonyl (C=O) groups excluding carboxylic acids is 1. The highest BCUT2D eigenvalue weighted by Gasteiger charge is 2.23. The second kappa shape index (κ2) is 5.96. The van der Waals surface area contributed by atoms with Crippen LogP contribution in [0, 0.1) is 6.92 Å². The standard InChI is InChI=1S/C20H23NO/c1-14(2)16-7-9-17(10-8-16)20(22)21-12-4-5-18-13-15(3)6-11-19(18)21/h6-11,13-14H,4-5,12H2,1-3H3. The second-order valence-electron chi connectivity index (χ2n) is 6.47. The minimum absolute atomic E-state index is 0.111. The number of fused-ring (bicyclic) bond motifs is 1. The summed E-state index contributed by atoms with van der Waals surface area (Å²) in [6.07, 6.45) is 2.10. The molecular weight excluding hydrogens is 270 g/mol. The van der Waals surface area contributed by atoms with Crippen molar-refractivity contribution in [1.29, 1.82) is 0 Å². The molecule has 0 radical (unpaired) electrons. The van der Waals surface area contributed by atoms with Crippen molar-refractivity contribution >= 4 is 11.6 Å². The molecule has 0 fully saturated rings. The highest BCUT2D eigenvalue weighted by molar-refractivity contribution is 6.06. The van der Waals surface area contributed by atoms with Gasteiger partial charge >= 0.3 is 0 Å². The van der Waals surface area contributed by atoms with Crippen LogP contribution in [0.15, 0.2) is 42.5 Å². The lowest BCUT2D eigenvalue weighted by atomic mass is 9.98. The molecule has 0 aromatic heterocycles. The van der Waals surface area contributed by atoms with E-state index in [-0.39, 0.29) is 5.91 Å². The Morgan fingerprint density at radius 2 is 1.82 bits per heavy atom. The summed E-state index contributed by atoms with van der Waals surface area (Å²) < 4.78 is 0. The van der Waals surface area contributed by atoms with E-state index in [1.807, 2.05) is 17.0 Å². The summed E-state index contributed by atoms with van der Waals surface area (Å²) >= 11 is 0. The summed E-state index contributed by atoms with van der Waals surface area (Å²) in [5.74, 6) is 0.600. The third-order valence-corrected chi connectivity index (χ3v) is 4.42. The highest BCUT2D eigenvalue weighted by atomic mass is 16.2. The minimum atomic E-state index is 0.111. The Balaban J connectivity index is 1.90. The summed E-state index contributed by atoms with van der Waals surface area (Å²) in [4.78, 5) is 14.8. The van der Waals surface area contributed by atoms with E-state index in [0.717, 1.165) is 30.6 Å². The lowest BCUT2D eigenvalue weighted by Gasteiger charge is -2.30. The van der Waals surface area contributed by atoms with Gasteiger partial charge in [-0.3, -0.25) is 4.79 Å². The van der Waals surface area contributed by atoms with Gasteiger partial charge in [-0.15, -0.1) is 0 Å². The molecule has 0 saturated heterocycles. The van der Waals surface area contributed by atoms with Crippen LogP contribution in [0.3, 0.4) is 0 Å². The smallest absolute Gasteiger partial charge is 0.258 e. The number of hydrogen-bond acceptors (Lipinski definition) is 1. The molecule has 0 saturated carbocycles. The number of amides is 1. The topological polar surface area (TPSA) is 20.3 Å². The molecule has 0 N–H and O–H groups in total. The van der Waals surface area contributed by atoms with E-state index in [0.29, 0.717) is 5.92 Å². The lowest BCUT2D eigenvalue weighted by molar-refractivity contribution is 0.0985. The fraction of sp³-hybridized carbons (Fsp3) is 0.350. The first-order valence-electron chi connectivity index (χ1n) is 8.07. The Morgan fingerprint density at radius 1 is 1.09 bits per heavy atom. The van der Waals surface area contributed by atoms with Gasteiger partial charge < -0.3 is 4.90 Å². The van der Waals surface area contributed by atoms with Crippen molar-refractivity contribution in [3.8, 4) is 0 Å². The summed E-state index contributed by atoms with van der Waals surface area (Å²) in [7, 11) is 0. The molecule has 1 amide bonds. The first-order valence-corrected chi connectivity index (χ1v) is 8.07. The van der Waals surface area contributed by atoms with Crippen LogP contribution in [-0.4, -0.2) is 12.5 Å². The molecule has 2 heteroatoms. The number of anilines is 1. The van der Waals surface area contributed by atoms with Crippen LogP contribution in [0.2, 0.25) is 0 Å². The van der Waals surface area contributed by atoms with Gasteiger partial charge in [0, 0.05) is 17.8 Å². The molecule has 1 aliphatic rings. The van der Waals surface area contributed by atoms with E-state index >= 15 is 0 Å². The van der Waals surface area contributed by atoms with Crippen molar-refractivity contribution in [2.75, 3.05) is 11.4 Å². The third kappa shape index (κ3) is 2.78. The number of hydrogen-bond donors (Lipinski definition) is 0. The Morgan fingerprint density at radius 3 is 2.50 bits per heavy atom. The van der Waals surface area contributed by atoms with E-state index in [9.17, 15) is 4.79 Å². The Bertz CT molecular complexity index is 685. The Kier molecular flexibility index (Phi) is 4.02. The van der Waals surface area contributed by atoms with Gasteiger partial charge in [0.1, 0.15) is 0 Å². The first-order chi connectivity index (χ1) is 10.6. The van der Waals surface area contributed by atoms with Crippen molar-refractivity contribution in [3.63, 3.8) is 0 Å². The van der Waals surface area contributed by atoms with Gasteiger partial charge in [-0.2, -0.15) is 0 Å². The number of nitrogens with zero attached hydrogens (tertiary/aromatic N) is 1. The zero-order valence-corrected chi connectivity index (χ0v) is 13.6. The molecule has 0 aliphatic carbocycles. The van der Waals surface area contributed by atoms with E-state index in [1.165, 1.54) is 16.7 Å². The van der Waals surface area contributed by atoms with Crippen molar-refractivity contribution in [3.05, 3.63) is 64.7 Å². The molecule has 0 spiro atoms. The maximum Gasteiger partial charge on any atom is 0.258 e. The average Bonchev–Trinajstić information content (AvgIpc) is 2.53. The zero-order valence-electron chi connectivity index (χ0n) is 13.6. The summed E-state index contributed by atoms with van der Waals surface area (Å²) in [5.41, 5.74) is 5.67. The Hall–Kier alpha value is -2.09. The number of rotatable bonds is 2. The van der Waals surface area contributed by atoms with Crippen LogP contribution in [0.4, 0.5) is 5.69 Å². The minimum Gasteiger partial charge on any atom is -0.308 e. The molecule has 0 bridgehead atoms. The van der Waals surface area contributed by atoms with Gasteiger partial charge in [-0.05, 0) is 55.0 Å². The van der Waals surface area contributed by atoms with Crippen LogP contribution in [-0.2, 0) is 6.42 Å². The fourth-order valence-corrected chi connectivity index (χ4v) is 3.10. The highest BCUT2D eigenvalue weighted by Crippen LogP contribution is 2.29. The maximum absolute atomic E-state index is 12.9. The summed E-state index contributed by atoms with van der Waals surface area (Å²) in [6.45, 7) is 7.24. The van der Waals surface area contributed by atoms with Crippen LogP contribution in [0.5, 0.6) is 0 Å². The predicted molar refractivity (Wildman–Crippen MR) is 91.7 cm³/mol. The SMILES string of the molecule is Cc1ccc2c(c1)CCCN2C(=O)c1ccc(C(C)C)cc1. The maximum atomic E-state index is 12.9. The normalized spacial score (nSPS) is 14.1. The Labute approximate surface area is 132 Å². The second-order valence-corrected chi connectivity index (χ2v) is 6.47. The monoisotopic (exact) mass is 293 g/mol. The number of benzene rings is 2. The van der Waals surface area contributed by atoms with Crippen LogP contribution in [0.25, 0.3) is 0 Å². The molecular formula is C20H23NO. The van der Waals surface area contributed by atoms with E-state index in [2.05, 4.69) is 51.1 Å². The van der Waals surface area contributed by atoms with Crippen LogP contribution < -0.4 is 4.90 Å². The summed E-state index contributed by atoms with van der Waals surface area (Å²) in [6, 6.07) is 14.4. The van der Waals surface area contributed by atoms with E-state index in [1.54, 1.807) is 0 Å². The van der Waals surface area contributed by atoms with Gasteiger partial charge in [0.15, 0.2) is 0 Å². The third-order valence-electron chi connectivity index (χ3n) is 4.42. The largest absolute Gasteiger partial charge is 0.308 e. The predicted octanol–water partition coefficient (Wildman–Crippen LogP) is 4.71. The molecule has 0 unspecified atom stereocenters. The number of carbonyl (C=O) groups is 1. The van der Waals surface area contributed by atoms with Crippen molar-refractivity contribution < 1.29 is 4.79 Å². The summed E-state index contributed by atoms with van der Waals surface area (Å²) in [5, 5.41) is 0. The van der Waals surface area contributed by atoms with Gasteiger partial charge in [0.25, 0.3) is 5.91 Å². The molecule has 0 atom stereocenters. The van der Waals surface area contributed by atoms with Gasteiger partial charge in [0.2, 0.25) is 0 Å². The number of aryl methyl sites for hydroxylation is 2. The molecule has 3 rings (SSSR count). The molecule has 1 heterocycles. The first kappa shape index (κ1) is 14.8. The van der Waals surface area contributed by atoms with Crippen LogP contribution >= 0.6 is 0 Å². The van der Waals surface area contributed by atoms with Crippen molar-refractivity contribution in [1.82, 2.24) is 0 Å². The molecule has 2 aromatic rings. The van der Waals surface area contributed by atoms with Gasteiger partial charge in [0.05, 0.1) is 0 Å². The quantitative estimate of drug-likeness (QED) is 0.785. The van der Waals surface area contributed by atoms with Crippen LogP contribution in [0.1, 0.15) is 53.2 Å². The van der Waals surface area contributed by atoms with Gasteiger partial charge in [-0.25, -0.2) is 0 Å². The van der Waals surface area contributed by atoms with E-state index in [4.69, 9.17) is 0 Å². The van der Waals surface area contributed by atoms with E-state index < -0.39 is 0 Å². The molecule has 22 heavy (non-hydrogen) atoms. The van der Waals surface area contributed by atoms with Crippen molar-refractivity contribution in [2.45, 2.75) is 39.5 Å². The molecule has 114 valence electrons. The fourth-order valence-electron chi connectivity index (χ4n) is 3.10. The van der Waals surface area contributed by atoms with Crippen molar-refractivity contribution in [2.24, 2.45) is 0 Å². The average molecular weight is 293 g/mol. The molecule has 1 aliphatic heterocycles. The van der Waals surface area contributed by atoms with Gasteiger partial charge in [-0.1, -0.05) is 43.7 Å². The zero-order chi connectivity index (χ0) is 15.7. The molecule has 2 aromatic carbocycles.